The highest BCUT2D eigenvalue weighted by molar-refractivity contribution is 7.80. The summed E-state index contributed by atoms with van der Waals surface area (Å²) in [7, 11) is 1.54. The molecule has 7 heteroatoms. The average molecular weight is 306 g/mol. The van der Waals surface area contributed by atoms with Gasteiger partial charge in [0.15, 0.2) is 0 Å². The van der Waals surface area contributed by atoms with Gasteiger partial charge in [0.05, 0.1) is 12.5 Å². The number of nitrogens with zero attached hydrogens (tertiary/aromatic N) is 1. The van der Waals surface area contributed by atoms with Crippen molar-refractivity contribution in [1.29, 1.82) is 0 Å². The van der Waals surface area contributed by atoms with Crippen molar-refractivity contribution in [3.63, 3.8) is 0 Å². The molecule has 0 saturated carbocycles. The van der Waals surface area contributed by atoms with Crippen molar-refractivity contribution in [2.75, 3.05) is 20.1 Å². The van der Waals surface area contributed by atoms with Gasteiger partial charge in [0.2, 0.25) is 0 Å². The minimum Gasteiger partial charge on any atom is -0.389 e. The standard InChI is InChI=1S/C13H17F3N2OS/c1-18(7-6-13(14,15)16)8-11(19)9-2-4-10(5-3-9)12(17)20/h2-5,11,19H,6-8H2,1H3,(H2,17,20). The second kappa shape index (κ2) is 7.01. The maximum Gasteiger partial charge on any atom is 0.390 e. The Morgan fingerprint density at radius 3 is 2.35 bits per heavy atom. The van der Waals surface area contributed by atoms with Gasteiger partial charge >= 0.3 is 6.18 Å². The molecule has 0 aliphatic rings. The van der Waals surface area contributed by atoms with Crippen LogP contribution in [0.2, 0.25) is 0 Å². The first kappa shape index (κ1) is 16.9. The molecule has 0 aliphatic heterocycles. The van der Waals surface area contributed by atoms with Gasteiger partial charge in [0.25, 0.3) is 0 Å². The third-order valence-electron chi connectivity index (χ3n) is 2.84. The van der Waals surface area contributed by atoms with Crippen LogP contribution in [0.5, 0.6) is 0 Å². The fourth-order valence-electron chi connectivity index (χ4n) is 1.68. The van der Waals surface area contributed by atoms with Crippen LogP contribution in [0.15, 0.2) is 24.3 Å². The molecule has 1 aromatic carbocycles. The van der Waals surface area contributed by atoms with E-state index < -0.39 is 18.7 Å². The number of likely N-dealkylation sites (N-methyl/N-ethyl adjacent to an activating group) is 1. The summed E-state index contributed by atoms with van der Waals surface area (Å²) in [5, 5.41) is 9.96. The van der Waals surface area contributed by atoms with E-state index in [4.69, 9.17) is 18.0 Å². The second-order valence-electron chi connectivity index (χ2n) is 4.63. The lowest BCUT2D eigenvalue weighted by Gasteiger charge is -2.21. The first-order valence-electron chi connectivity index (χ1n) is 6.02. The molecule has 0 spiro atoms. The van der Waals surface area contributed by atoms with Crippen LogP contribution in [0.1, 0.15) is 23.7 Å². The van der Waals surface area contributed by atoms with E-state index in [2.05, 4.69) is 0 Å². The summed E-state index contributed by atoms with van der Waals surface area (Å²) in [6.45, 7) is -0.0198. The van der Waals surface area contributed by atoms with Gasteiger partial charge in [-0.05, 0) is 12.6 Å². The van der Waals surface area contributed by atoms with Gasteiger partial charge < -0.3 is 15.7 Å². The lowest BCUT2D eigenvalue weighted by molar-refractivity contribution is -0.137. The molecule has 0 heterocycles. The molecule has 0 radical (unpaired) electrons. The first-order valence-corrected chi connectivity index (χ1v) is 6.43. The number of benzene rings is 1. The number of aliphatic hydroxyl groups excluding tert-OH is 1. The Bertz CT molecular complexity index is 448. The molecular weight excluding hydrogens is 289 g/mol. The van der Waals surface area contributed by atoms with Crippen molar-refractivity contribution in [1.82, 2.24) is 4.90 Å². The molecule has 0 fully saturated rings. The smallest absolute Gasteiger partial charge is 0.389 e. The zero-order valence-electron chi connectivity index (χ0n) is 11.0. The van der Waals surface area contributed by atoms with Gasteiger partial charge in [-0.25, -0.2) is 0 Å². The number of rotatable bonds is 6. The van der Waals surface area contributed by atoms with Crippen LogP contribution < -0.4 is 5.73 Å². The summed E-state index contributed by atoms with van der Waals surface area (Å²) in [4.78, 5) is 1.70. The second-order valence-corrected chi connectivity index (χ2v) is 5.07. The summed E-state index contributed by atoms with van der Waals surface area (Å²) in [5.41, 5.74) is 6.75. The predicted molar refractivity (Wildman–Crippen MR) is 75.5 cm³/mol. The Morgan fingerprint density at radius 1 is 1.35 bits per heavy atom. The van der Waals surface area contributed by atoms with Crippen molar-refractivity contribution in [2.24, 2.45) is 5.73 Å². The Hall–Kier alpha value is -1.18. The van der Waals surface area contributed by atoms with Gasteiger partial charge in [-0.3, -0.25) is 0 Å². The number of nitrogens with two attached hydrogens (primary N) is 1. The van der Waals surface area contributed by atoms with Crippen molar-refractivity contribution in [2.45, 2.75) is 18.7 Å². The largest absolute Gasteiger partial charge is 0.390 e. The highest BCUT2D eigenvalue weighted by Gasteiger charge is 2.27. The molecule has 1 atom stereocenters. The molecule has 1 aromatic rings. The molecule has 3 N–H and O–H groups in total. The summed E-state index contributed by atoms with van der Waals surface area (Å²) >= 11 is 4.81. The van der Waals surface area contributed by atoms with Crippen LogP contribution >= 0.6 is 12.2 Å². The van der Waals surface area contributed by atoms with Gasteiger partial charge in [-0.15, -0.1) is 0 Å². The highest BCUT2D eigenvalue weighted by atomic mass is 32.1. The molecule has 0 bridgehead atoms. The van der Waals surface area contributed by atoms with Crippen LogP contribution in [0.3, 0.4) is 0 Å². The maximum atomic E-state index is 12.1. The molecule has 3 nitrogen and oxygen atoms in total. The van der Waals surface area contributed by atoms with Gasteiger partial charge in [0.1, 0.15) is 4.99 Å². The lowest BCUT2D eigenvalue weighted by atomic mass is 10.1. The molecule has 1 unspecified atom stereocenters. The van der Waals surface area contributed by atoms with E-state index in [1.165, 1.54) is 4.90 Å². The highest BCUT2D eigenvalue weighted by Crippen LogP contribution is 2.20. The lowest BCUT2D eigenvalue weighted by Crippen LogP contribution is -2.28. The summed E-state index contributed by atoms with van der Waals surface area (Å²) in [5.74, 6) is 0. The zero-order chi connectivity index (χ0) is 15.3. The monoisotopic (exact) mass is 306 g/mol. The van der Waals surface area contributed by atoms with Crippen molar-refractivity contribution >= 4 is 17.2 Å². The molecule has 0 amide bonds. The third kappa shape index (κ3) is 5.85. The number of halogens is 3. The Morgan fingerprint density at radius 2 is 1.90 bits per heavy atom. The van der Waals surface area contributed by atoms with E-state index in [-0.39, 0.29) is 18.1 Å². The van der Waals surface area contributed by atoms with Crippen molar-refractivity contribution in [3.8, 4) is 0 Å². The number of hydrogen-bond acceptors (Lipinski definition) is 3. The molecular formula is C13H17F3N2OS. The molecule has 0 aromatic heterocycles. The topological polar surface area (TPSA) is 49.5 Å². The maximum absolute atomic E-state index is 12.1. The fraction of sp³-hybridized carbons (Fsp3) is 0.462. The number of aliphatic hydroxyl groups is 1. The zero-order valence-corrected chi connectivity index (χ0v) is 11.8. The minimum atomic E-state index is -4.18. The van der Waals surface area contributed by atoms with Crippen LogP contribution in [-0.2, 0) is 0 Å². The summed E-state index contributed by atoms with van der Waals surface area (Å²) < 4.78 is 36.2. The van der Waals surface area contributed by atoms with Gasteiger partial charge in [-0.2, -0.15) is 13.2 Å². The Balaban J connectivity index is 2.53. The average Bonchev–Trinajstić information content (AvgIpc) is 2.35. The molecule has 112 valence electrons. The predicted octanol–water partition coefficient (Wildman–Crippen LogP) is 2.24. The summed E-state index contributed by atoms with van der Waals surface area (Å²) in [6, 6.07) is 6.68. The Kier molecular flexibility index (Phi) is 5.91. The minimum absolute atomic E-state index is 0.127. The Labute approximate surface area is 121 Å². The number of alkyl halides is 3. The normalized spacial score (nSPS) is 13.5. The first-order chi connectivity index (χ1) is 9.19. The molecule has 1 rings (SSSR count). The SMILES string of the molecule is CN(CCC(F)(F)F)CC(O)c1ccc(C(N)=S)cc1. The summed E-state index contributed by atoms with van der Waals surface area (Å²) in [6.07, 6.45) is -5.93. The van der Waals surface area contributed by atoms with E-state index in [1.807, 2.05) is 0 Å². The van der Waals surface area contributed by atoms with Crippen LogP contribution in [0, 0.1) is 0 Å². The molecule has 0 saturated heterocycles. The van der Waals surface area contributed by atoms with Crippen LogP contribution in [0.25, 0.3) is 0 Å². The van der Waals surface area contributed by atoms with E-state index in [0.717, 1.165) is 0 Å². The van der Waals surface area contributed by atoms with Gasteiger partial charge in [-0.1, -0.05) is 36.5 Å². The van der Waals surface area contributed by atoms with Crippen molar-refractivity contribution < 1.29 is 18.3 Å². The van der Waals surface area contributed by atoms with E-state index >= 15 is 0 Å². The van der Waals surface area contributed by atoms with Crippen LogP contribution in [-0.4, -0.2) is 41.3 Å². The fourth-order valence-corrected chi connectivity index (χ4v) is 1.82. The molecule has 0 aliphatic carbocycles. The van der Waals surface area contributed by atoms with Gasteiger partial charge in [0, 0.05) is 18.7 Å². The van der Waals surface area contributed by atoms with E-state index in [1.54, 1.807) is 31.3 Å². The number of hydrogen-bond donors (Lipinski definition) is 2. The third-order valence-corrected chi connectivity index (χ3v) is 3.08. The van der Waals surface area contributed by atoms with Crippen LogP contribution in [0.4, 0.5) is 13.2 Å². The molecule has 20 heavy (non-hydrogen) atoms. The quantitative estimate of drug-likeness (QED) is 0.792. The van der Waals surface area contributed by atoms with E-state index in [0.29, 0.717) is 11.1 Å². The number of thiocarbonyl (C=S) groups is 1. The van der Waals surface area contributed by atoms with E-state index in [9.17, 15) is 18.3 Å². The van der Waals surface area contributed by atoms with Crippen molar-refractivity contribution in [3.05, 3.63) is 35.4 Å².